The Hall–Kier alpha value is -3.36. The summed E-state index contributed by atoms with van der Waals surface area (Å²) in [5.74, 6) is -2.52. The smallest absolute Gasteiger partial charge is 0.432 e. The Morgan fingerprint density at radius 3 is 2.33 bits per heavy atom. The summed E-state index contributed by atoms with van der Waals surface area (Å²) in [5.41, 5.74) is 0.983. The lowest BCUT2D eigenvalue weighted by Crippen LogP contribution is -2.22. The van der Waals surface area contributed by atoms with Crippen LogP contribution >= 0.6 is 0 Å². The van der Waals surface area contributed by atoms with Gasteiger partial charge in [0.1, 0.15) is 6.61 Å². The second-order valence-corrected chi connectivity index (χ2v) is 6.53. The van der Waals surface area contributed by atoms with Crippen molar-refractivity contribution in [3.63, 3.8) is 0 Å². The average Bonchev–Trinajstić information content (AvgIpc) is 2.65. The molecule has 0 aliphatic carbocycles. The number of benzene rings is 2. The van der Waals surface area contributed by atoms with E-state index in [4.69, 9.17) is 9.94 Å². The van der Waals surface area contributed by atoms with Crippen LogP contribution in [0.1, 0.15) is 56.3 Å². The molecule has 2 aromatic carbocycles. The predicted octanol–water partition coefficient (Wildman–Crippen LogP) is 4.83. The summed E-state index contributed by atoms with van der Waals surface area (Å²) in [4.78, 5) is 27.6. The highest BCUT2D eigenvalue weighted by Gasteiger charge is 2.35. The van der Waals surface area contributed by atoms with E-state index in [2.05, 4.69) is 5.16 Å². The van der Waals surface area contributed by atoms with Crippen molar-refractivity contribution in [3.05, 3.63) is 69.8 Å². The van der Waals surface area contributed by atoms with Gasteiger partial charge in [-0.2, -0.15) is 13.2 Å². The molecule has 0 saturated heterocycles. The summed E-state index contributed by atoms with van der Waals surface area (Å²) in [6.45, 7) is 2.85. The first-order valence-electron chi connectivity index (χ1n) is 8.97. The van der Waals surface area contributed by atoms with Crippen molar-refractivity contribution in [1.29, 1.82) is 0 Å². The van der Waals surface area contributed by atoms with Crippen molar-refractivity contribution >= 4 is 17.7 Å². The molecule has 0 unspecified atom stereocenters. The Morgan fingerprint density at radius 1 is 1.07 bits per heavy atom. The van der Waals surface area contributed by atoms with Gasteiger partial charge in [0.15, 0.2) is 5.71 Å². The number of carbonyl (C=O) groups is 2. The summed E-state index contributed by atoms with van der Waals surface area (Å²) in [6, 6.07) is 8.98. The minimum Gasteiger partial charge on any atom is -0.478 e. The van der Waals surface area contributed by atoms with Gasteiger partial charge in [-0.3, -0.25) is 0 Å². The average molecular weight is 423 g/mol. The zero-order chi connectivity index (χ0) is 22.5. The van der Waals surface area contributed by atoms with Gasteiger partial charge in [-0.15, -0.1) is 0 Å². The minimum atomic E-state index is -4.58. The van der Waals surface area contributed by atoms with Crippen LogP contribution in [-0.2, 0) is 17.9 Å². The zero-order valence-corrected chi connectivity index (χ0v) is 16.3. The number of carboxylic acid groups (broad SMARTS) is 2. The van der Waals surface area contributed by atoms with Crippen LogP contribution in [-0.4, -0.2) is 34.0 Å². The first-order valence-corrected chi connectivity index (χ1v) is 8.97. The number of carboxylic acids is 2. The topological polar surface area (TPSA) is 96.2 Å². The lowest BCUT2D eigenvalue weighted by atomic mass is 9.93. The van der Waals surface area contributed by atoms with Crippen LogP contribution in [0.25, 0.3) is 0 Å². The van der Waals surface area contributed by atoms with Crippen molar-refractivity contribution in [3.8, 4) is 0 Å². The maximum atomic E-state index is 12.8. The second kappa shape index (κ2) is 9.43. The first kappa shape index (κ1) is 22.9. The molecule has 0 radical (unpaired) electrons. The van der Waals surface area contributed by atoms with Gasteiger partial charge in [-0.05, 0) is 54.2 Å². The monoisotopic (exact) mass is 423 g/mol. The summed E-state index contributed by atoms with van der Waals surface area (Å²) < 4.78 is 38.4. The van der Waals surface area contributed by atoms with E-state index in [0.29, 0.717) is 16.7 Å². The van der Waals surface area contributed by atoms with Crippen LogP contribution in [0.5, 0.6) is 0 Å². The fourth-order valence-corrected chi connectivity index (χ4v) is 2.89. The van der Waals surface area contributed by atoms with Gasteiger partial charge in [-0.25, -0.2) is 9.59 Å². The Morgan fingerprint density at radius 2 is 1.77 bits per heavy atom. The molecule has 2 N–H and O–H groups in total. The Bertz CT molecular complexity index is 983. The fraction of sp³-hybridized carbons (Fsp3) is 0.286. The van der Waals surface area contributed by atoms with Crippen LogP contribution in [0.4, 0.5) is 13.2 Å². The number of rotatable bonds is 8. The van der Waals surface area contributed by atoms with Crippen molar-refractivity contribution in [2.75, 3.05) is 0 Å². The third kappa shape index (κ3) is 5.59. The van der Waals surface area contributed by atoms with Crippen LogP contribution in [0.2, 0.25) is 0 Å². The molecule has 0 heterocycles. The molecular weight excluding hydrogens is 403 g/mol. The van der Waals surface area contributed by atoms with Crippen LogP contribution in [0.15, 0.2) is 41.6 Å². The standard InChI is InChI=1S/C21H20F3NO5/c1-3-18(21(22,23)24)25-30-11-17-12(2)5-4-6-13(17)9-14-7-8-15(19(26)27)10-16(14)20(28)29/h4-8,10H,3,9,11H2,1-2H3,(H,26,27)(H,28,29). The van der Waals surface area contributed by atoms with E-state index in [1.54, 1.807) is 25.1 Å². The highest BCUT2D eigenvalue weighted by Crippen LogP contribution is 2.24. The van der Waals surface area contributed by atoms with Crippen molar-refractivity contribution < 1.29 is 37.8 Å². The quantitative estimate of drug-likeness (QED) is 0.468. The molecule has 2 rings (SSSR count). The Kier molecular flexibility index (Phi) is 7.20. The molecule has 6 nitrogen and oxygen atoms in total. The maximum Gasteiger partial charge on any atom is 0.432 e. The van der Waals surface area contributed by atoms with E-state index in [-0.39, 0.29) is 30.6 Å². The Balaban J connectivity index is 2.35. The van der Waals surface area contributed by atoms with E-state index in [1.807, 2.05) is 0 Å². The highest BCUT2D eigenvalue weighted by molar-refractivity contribution is 5.95. The summed E-state index contributed by atoms with van der Waals surface area (Å²) >= 11 is 0. The number of halogens is 3. The molecular formula is C21H20F3NO5. The molecule has 0 aromatic heterocycles. The summed E-state index contributed by atoms with van der Waals surface area (Å²) in [5, 5.41) is 21.7. The number of hydrogen-bond donors (Lipinski definition) is 2. The zero-order valence-electron chi connectivity index (χ0n) is 16.3. The predicted molar refractivity (Wildman–Crippen MR) is 103 cm³/mol. The molecule has 0 atom stereocenters. The van der Waals surface area contributed by atoms with Gasteiger partial charge in [0.25, 0.3) is 0 Å². The number of alkyl halides is 3. The van der Waals surface area contributed by atoms with Gasteiger partial charge >= 0.3 is 18.1 Å². The third-order valence-corrected chi connectivity index (χ3v) is 4.52. The van der Waals surface area contributed by atoms with E-state index < -0.39 is 23.8 Å². The second-order valence-electron chi connectivity index (χ2n) is 6.53. The SMILES string of the molecule is CCC(=NOCc1c(C)cccc1Cc1ccc(C(=O)O)cc1C(=O)O)C(F)(F)F. The first-order chi connectivity index (χ1) is 14.0. The van der Waals surface area contributed by atoms with Gasteiger partial charge in [-0.1, -0.05) is 36.3 Å². The van der Waals surface area contributed by atoms with E-state index >= 15 is 0 Å². The van der Waals surface area contributed by atoms with Gasteiger partial charge < -0.3 is 15.1 Å². The number of aryl methyl sites for hydroxylation is 1. The number of hydrogen-bond acceptors (Lipinski definition) is 4. The summed E-state index contributed by atoms with van der Waals surface area (Å²) in [7, 11) is 0. The molecule has 0 saturated carbocycles. The van der Waals surface area contributed by atoms with Crippen LogP contribution in [0, 0.1) is 6.92 Å². The third-order valence-electron chi connectivity index (χ3n) is 4.52. The summed E-state index contributed by atoms with van der Waals surface area (Å²) in [6.07, 6.45) is -4.78. The van der Waals surface area contributed by atoms with Crippen LogP contribution < -0.4 is 0 Å². The lowest BCUT2D eigenvalue weighted by Gasteiger charge is -2.14. The largest absolute Gasteiger partial charge is 0.478 e. The molecule has 0 spiro atoms. The van der Waals surface area contributed by atoms with Gasteiger partial charge in [0.05, 0.1) is 11.1 Å². The maximum absolute atomic E-state index is 12.8. The molecule has 0 fully saturated rings. The molecule has 0 amide bonds. The normalized spacial score (nSPS) is 12.0. The number of oxime groups is 1. The molecule has 0 aliphatic heterocycles. The van der Waals surface area contributed by atoms with Crippen molar-refractivity contribution in [2.24, 2.45) is 5.16 Å². The van der Waals surface area contributed by atoms with E-state index in [0.717, 1.165) is 11.6 Å². The van der Waals surface area contributed by atoms with E-state index in [9.17, 15) is 27.9 Å². The van der Waals surface area contributed by atoms with Crippen molar-refractivity contribution in [2.45, 2.75) is 39.5 Å². The molecule has 2 aromatic rings. The number of aromatic carboxylic acids is 2. The van der Waals surface area contributed by atoms with Crippen molar-refractivity contribution in [1.82, 2.24) is 0 Å². The molecule has 30 heavy (non-hydrogen) atoms. The van der Waals surface area contributed by atoms with Gasteiger partial charge in [0, 0.05) is 0 Å². The highest BCUT2D eigenvalue weighted by atomic mass is 19.4. The molecule has 0 aliphatic rings. The van der Waals surface area contributed by atoms with Gasteiger partial charge in [0.2, 0.25) is 0 Å². The Labute approximate surface area is 170 Å². The minimum absolute atomic E-state index is 0.130. The van der Waals surface area contributed by atoms with E-state index in [1.165, 1.54) is 19.1 Å². The fourth-order valence-electron chi connectivity index (χ4n) is 2.89. The number of nitrogens with zero attached hydrogens (tertiary/aromatic N) is 1. The lowest BCUT2D eigenvalue weighted by molar-refractivity contribution is -0.0642. The molecule has 0 bridgehead atoms. The molecule has 160 valence electrons. The molecule has 9 heteroatoms. The van der Waals surface area contributed by atoms with Crippen LogP contribution in [0.3, 0.4) is 0 Å².